The van der Waals surface area contributed by atoms with Crippen LogP contribution in [0.1, 0.15) is 0 Å². The number of hydrogen-bond acceptors (Lipinski definition) is 7. The molecule has 0 spiro atoms. The van der Waals surface area contributed by atoms with Crippen LogP contribution in [0.4, 0.5) is 11.6 Å². The Morgan fingerprint density at radius 3 is 2.74 bits per heavy atom. The van der Waals surface area contributed by atoms with Gasteiger partial charge in [0, 0.05) is 18.1 Å². The van der Waals surface area contributed by atoms with Crippen LogP contribution in [0.15, 0.2) is 42.7 Å². The summed E-state index contributed by atoms with van der Waals surface area (Å²) in [5.41, 5.74) is -1.30. The van der Waals surface area contributed by atoms with E-state index < -0.39 is 11.6 Å². The number of para-hydroxylation sites is 1. The van der Waals surface area contributed by atoms with Crippen LogP contribution in [-0.2, 0) is 9.59 Å². The summed E-state index contributed by atoms with van der Waals surface area (Å²) in [6.45, 7) is 0. The Balaban J connectivity index is 1.94. The number of anilines is 2. The van der Waals surface area contributed by atoms with E-state index in [1.807, 2.05) is 0 Å². The first-order chi connectivity index (χ1) is 11.1. The highest BCUT2D eigenvalue weighted by molar-refractivity contribution is 6.03. The summed E-state index contributed by atoms with van der Waals surface area (Å²) in [6.07, 6.45) is 3.32. The van der Waals surface area contributed by atoms with Gasteiger partial charge in [0.15, 0.2) is 11.9 Å². The van der Waals surface area contributed by atoms with E-state index in [9.17, 15) is 14.7 Å². The Hall–Kier alpha value is -3.49. The molecule has 0 bridgehead atoms. The van der Waals surface area contributed by atoms with Crippen molar-refractivity contribution in [3.8, 4) is 0 Å². The lowest BCUT2D eigenvalue weighted by atomic mass is 10.1. The Bertz CT molecular complexity index is 850. The van der Waals surface area contributed by atoms with Crippen LogP contribution >= 0.6 is 0 Å². The first-order valence-corrected chi connectivity index (χ1v) is 6.61. The van der Waals surface area contributed by atoms with Crippen molar-refractivity contribution in [2.24, 2.45) is 0 Å². The fourth-order valence-electron chi connectivity index (χ4n) is 1.97. The number of carbonyl (C=O) groups is 2. The van der Waals surface area contributed by atoms with Crippen LogP contribution in [0.2, 0.25) is 0 Å². The second kappa shape index (κ2) is 5.72. The third kappa shape index (κ3) is 2.79. The summed E-state index contributed by atoms with van der Waals surface area (Å²) in [5, 5.41) is 21.8. The molecule has 2 aromatic heterocycles. The maximum atomic E-state index is 11.6. The second-order valence-corrected chi connectivity index (χ2v) is 4.70. The lowest BCUT2D eigenvalue weighted by molar-refractivity contribution is -0.143. The van der Waals surface area contributed by atoms with Crippen LogP contribution in [0, 0.1) is 0 Å². The van der Waals surface area contributed by atoms with E-state index in [2.05, 4.69) is 30.8 Å². The molecule has 0 aliphatic heterocycles. The minimum Gasteiger partial charge on any atom is -0.478 e. The van der Waals surface area contributed by atoms with Gasteiger partial charge in [-0.1, -0.05) is 18.2 Å². The molecule has 0 fully saturated rings. The molecule has 116 valence electrons. The summed E-state index contributed by atoms with van der Waals surface area (Å²) in [5.74, 6) is -1.45. The highest BCUT2D eigenvalue weighted by atomic mass is 16.4. The minimum atomic E-state index is -2.11. The Morgan fingerprint density at radius 1 is 1.26 bits per heavy atom. The number of aromatic nitrogens is 4. The molecule has 0 amide bonds. The molecule has 2 heterocycles. The van der Waals surface area contributed by atoms with E-state index in [1.54, 1.807) is 36.5 Å². The zero-order valence-electron chi connectivity index (χ0n) is 11.7. The fraction of sp³-hybridized carbons (Fsp3) is 0.0714. The molecule has 4 N–H and O–H groups in total. The SMILES string of the molecule is O=CC(Nc1ccccc1)(Nc1ncc2c[nH]nc2n1)C(=O)O. The Labute approximate surface area is 129 Å². The number of hydrogen-bond donors (Lipinski definition) is 4. The van der Waals surface area contributed by atoms with Crippen molar-refractivity contribution in [1.82, 2.24) is 20.2 Å². The van der Waals surface area contributed by atoms with Gasteiger partial charge in [-0.2, -0.15) is 10.1 Å². The van der Waals surface area contributed by atoms with Gasteiger partial charge < -0.3 is 15.7 Å². The highest BCUT2D eigenvalue weighted by Gasteiger charge is 2.39. The lowest BCUT2D eigenvalue weighted by Crippen LogP contribution is -2.55. The van der Waals surface area contributed by atoms with Crippen molar-refractivity contribution in [2.45, 2.75) is 5.66 Å². The number of rotatable bonds is 6. The van der Waals surface area contributed by atoms with Crippen molar-refractivity contribution in [3.05, 3.63) is 42.7 Å². The number of nitrogens with one attached hydrogen (secondary N) is 3. The van der Waals surface area contributed by atoms with Gasteiger partial charge in [0.1, 0.15) is 0 Å². The number of aliphatic carboxylic acids is 1. The van der Waals surface area contributed by atoms with Crippen molar-refractivity contribution in [3.63, 3.8) is 0 Å². The quantitative estimate of drug-likeness (QED) is 0.299. The summed E-state index contributed by atoms with van der Waals surface area (Å²) < 4.78 is 0. The first-order valence-electron chi connectivity index (χ1n) is 6.61. The number of H-pyrrole nitrogens is 1. The Morgan fingerprint density at radius 2 is 2.04 bits per heavy atom. The molecule has 0 aliphatic carbocycles. The van der Waals surface area contributed by atoms with Gasteiger partial charge >= 0.3 is 5.97 Å². The van der Waals surface area contributed by atoms with Gasteiger partial charge in [0.25, 0.3) is 5.66 Å². The van der Waals surface area contributed by atoms with E-state index in [4.69, 9.17) is 0 Å². The standard InChI is InChI=1S/C14H12N6O3/c21-8-14(12(22)23,18-10-4-2-1-3-5-10)19-13-15-6-9-7-16-20-11(9)17-13/h1-8,18H,(H,22,23)(H2,15,16,17,19,20). The summed E-state index contributed by atoms with van der Waals surface area (Å²) >= 11 is 0. The smallest absolute Gasteiger partial charge is 0.358 e. The normalized spacial score (nSPS) is 13.2. The van der Waals surface area contributed by atoms with Crippen LogP contribution in [-0.4, -0.2) is 43.2 Å². The maximum absolute atomic E-state index is 11.6. The molecule has 1 atom stereocenters. The third-order valence-corrected chi connectivity index (χ3v) is 3.12. The predicted molar refractivity (Wildman–Crippen MR) is 81.8 cm³/mol. The van der Waals surface area contributed by atoms with Gasteiger partial charge in [-0.3, -0.25) is 9.89 Å². The molecule has 3 aromatic rings. The Kier molecular flexibility index (Phi) is 3.59. The molecule has 1 unspecified atom stereocenters. The average Bonchev–Trinajstić information content (AvgIpc) is 3.02. The molecule has 23 heavy (non-hydrogen) atoms. The number of benzene rings is 1. The molecule has 3 rings (SSSR count). The van der Waals surface area contributed by atoms with E-state index in [0.717, 1.165) is 0 Å². The predicted octanol–water partition coefficient (Wildman–Crippen LogP) is 0.857. The van der Waals surface area contributed by atoms with E-state index in [-0.39, 0.29) is 12.2 Å². The number of aldehydes is 1. The second-order valence-electron chi connectivity index (χ2n) is 4.70. The van der Waals surface area contributed by atoms with Crippen molar-refractivity contribution in [1.29, 1.82) is 0 Å². The van der Waals surface area contributed by atoms with Gasteiger partial charge in [-0.15, -0.1) is 0 Å². The molecule has 9 nitrogen and oxygen atoms in total. The zero-order valence-corrected chi connectivity index (χ0v) is 11.7. The maximum Gasteiger partial charge on any atom is 0.358 e. The van der Waals surface area contributed by atoms with Crippen molar-refractivity contribution in [2.75, 3.05) is 10.6 Å². The molecule has 0 aliphatic rings. The average molecular weight is 312 g/mol. The molecular weight excluding hydrogens is 300 g/mol. The molecule has 9 heteroatoms. The highest BCUT2D eigenvalue weighted by Crippen LogP contribution is 2.17. The first kappa shape index (κ1) is 14.4. The molecule has 1 aromatic carbocycles. The van der Waals surface area contributed by atoms with E-state index in [1.165, 1.54) is 6.20 Å². The topological polar surface area (TPSA) is 133 Å². The lowest BCUT2D eigenvalue weighted by Gasteiger charge is -2.26. The molecular formula is C14H12N6O3. The molecule has 0 saturated carbocycles. The number of carboxylic acid groups (broad SMARTS) is 1. The minimum absolute atomic E-state index is 0.0393. The molecule has 0 saturated heterocycles. The van der Waals surface area contributed by atoms with Gasteiger partial charge in [-0.05, 0) is 12.1 Å². The van der Waals surface area contributed by atoms with Crippen LogP contribution in [0.5, 0.6) is 0 Å². The zero-order chi connectivity index (χ0) is 16.3. The van der Waals surface area contributed by atoms with Crippen molar-refractivity contribution >= 4 is 34.9 Å². The van der Waals surface area contributed by atoms with Crippen LogP contribution < -0.4 is 10.6 Å². The number of carbonyl (C=O) groups excluding carboxylic acids is 1. The molecule has 0 radical (unpaired) electrons. The fourth-order valence-corrected chi connectivity index (χ4v) is 1.97. The van der Waals surface area contributed by atoms with Crippen molar-refractivity contribution < 1.29 is 14.7 Å². The third-order valence-electron chi connectivity index (χ3n) is 3.12. The number of nitrogens with zero attached hydrogens (tertiary/aromatic N) is 3. The van der Waals surface area contributed by atoms with E-state index >= 15 is 0 Å². The monoisotopic (exact) mass is 312 g/mol. The summed E-state index contributed by atoms with van der Waals surface area (Å²) in [6, 6.07) is 8.48. The van der Waals surface area contributed by atoms with Gasteiger partial charge in [-0.25, -0.2) is 9.78 Å². The van der Waals surface area contributed by atoms with Gasteiger partial charge in [0.05, 0.1) is 5.39 Å². The summed E-state index contributed by atoms with van der Waals surface area (Å²) in [7, 11) is 0. The number of fused-ring (bicyclic) bond motifs is 1. The number of aromatic amines is 1. The largest absolute Gasteiger partial charge is 0.478 e. The van der Waals surface area contributed by atoms with E-state index in [0.29, 0.717) is 16.7 Å². The van der Waals surface area contributed by atoms with Crippen LogP contribution in [0.3, 0.4) is 0 Å². The van der Waals surface area contributed by atoms with Gasteiger partial charge in [0.2, 0.25) is 5.95 Å². The summed E-state index contributed by atoms with van der Waals surface area (Å²) in [4.78, 5) is 31.2. The van der Waals surface area contributed by atoms with Crippen LogP contribution in [0.25, 0.3) is 11.0 Å². The number of carboxylic acids is 1.